The summed E-state index contributed by atoms with van der Waals surface area (Å²) in [6.45, 7) is 0. The van der Waals surface area contributed by atoms with Crippen molar-refractivity contribution in [2.24, 2.45) is 0 Å². The molecule has 0 aliphatic rings. The molecule has 3 heteroatoms. The summed E-state index contributed by atoms with van der Waals surface area (Å²) >= 11 is -1.57. The molecule has 1 nitrogen and oxygen atoms in total. The van der Waals surface area contributed by atoms with Gasteiger partial charge in [0.1, 0.15) is 5.75 Å². The molecule has 0 aromatic heterocycles. The minimum Gasteiger partial charge on any atom is -0.413 e. The van der Waals surface area contributed by atoms with Crippen LogP contribution in [0.15, 0.2) is 30.3 Å². The highest BCUT2D eigenvalue weighted by atomic mass is 127. The molecule has 0 fully saturated rings. The topological polar surface area (TPSA) is 9.23 Å². The molecule has 9 heavy (non-hydrogen) atoms. The zero-order valence-corrected chi connectivity index (χ0v) is 6.71. The van der Waals surface area contributed by atoms with Crippen molar-refractivity contribution in [3.63, 3.8) is 0 Å². The maximum absolute atomic E-state index is 11.6. The third-order valence-electron chi connectivity index (χ3n) is 0.861. The number of rotatable bonds is 2. The van der Waals surface area contributed by atoms with Crippen LogP contribution in [0.2, 0.25) is 0 Å². The fourth-order valence-electron chi connectivity index (χ4n) is 0.506. The van der Waals surface area contributed by atoms with Gasteiger partial charge in [0, 0.05) is 0 Å². The van der Waals surface area contributed by atoms with Crippen molar-refractivity contribution in [2.45, 2.75) is 0 Å². The molecule has 0 amide bonds. The van der Waals surface area contributed by atoms with Gasteiger partial charge in [-0.05, 0) is 12.1 Å². The Labute approximate surface area is 64.4 Å². The largest absolute Gasteiger partial charge is 0.413 e. The van der Waals surface area contributed by atoms with Crippen molar-refractivity contribution in [3.05, 3.63) is 30.3 Å². The van der Waals surface area contributed by atoms with E-state index in [1.54, 1.807) is 12.1 Å². The van der Waals surface area contributed by atoms with Crippen LogP contribution >= 0.6 is 22.2 Å². The number of benzene rings is 1. The van der Waals surface area contributed by atoms with Gasteiger partial charge in [0.2, 0.25) is 0 Å². The van der Waals surface area contributed by atoms with Gasteiger partial charge < -0.3 is 3.07 Å². The Morgan fingerprint density at radius 2 is 1.89 bits per heavy atom. The summed E-state index contributed by atoms with van der Waals surface area (Å²) in [6, 6.07) is 8.96. The predicted octanol–water partition coefficient (Wildman–Crippen LogP) is 2.84. The predicted molar refractivity (Wildman–Crippen MR) is 42.2 cm³/mol. The highest BCUT2D eigenvalue weighted by molar-refractivity contribution is 14.2. The Balaban J connectivity index is 2.61. The van der Waals surface area contributed by atoms with E-state index in [2.05, 4.69) is 3.07 Å². The lowest BCUT2D eigenvalue weighted by Crippen LogP contribution is -1.71. The Morgan fingerprint density at radius 1 is 1.22 bits per heavy atom. The first-order valence-corrected chi connectivity index (χ1v) is 4.11. The van der Waals surface area contributed by atoms with Crippen LogP contribution in [-0.2, 0) is 0 Å². The van der Waals surface area contributed by atoms with Gasteiger partial charge in [0.15, 0.2) is 0 Å². The molecular weight excluding hydrogens is 234 g/mol. The van der Waals surface area contributed by atoms with E-state index in [-0.39, 0.29) is 0 Å². The first-order chi connectivity index (χ1) is 4.43. The molecule has 0 aliphatic carbocycles. The molecule has 0 bridgehead atoms. The average Bonchev–Trinajstić information content (AvgIpc) is 1.91. The first kappa shape index (κ1) is 6.80. The highest BCUT2D eigenvalue weighted by Crippen LogP contribution is 2.20. The van der Waals surface area contributed by atoms with Gasteiger partial charge in [-0.3, -0.25) is 0 Å². The number of para-hydroxylation sites is 1. The Hall–Kier alpha value is -0.320. The van der Waals surface area contributed by atoms with Gasteiger partial charge in [0.25, 0.3) is 0 Å². The molecule has 0 unspecified atom stereocenters. The third kappa shape index (κ3) is 2.17. The fourth-order valence-corrected chi connectivity index (χ4v) is 0.991. The SMILES string of the molecule is F[I]Oc1ccccc1. The summed E-state index contributed by atoms with van der Waals surface area (Å²) in [5, 5.41) is 0. The normalized spacial score (nSPS) is 9.00. The second kappa shape index (κ2) is 3.66. The van der Waals surface area contributed by atoms with E-state index in [4.69, 9.17) is 0 Å². The van der Waals surface area contributed by atoms with E-state index >= 15 is 0 Å². The van der Waals surface area contributed by atoms with E-state index in [1.807, 2.05) is 18.2 Å². The van der Waals surface area contributed by atoms with Crippen LogP contribution in [0.4, 0.5) is 2.86 Å². The zero-order valence-electron chi connectivity index (χ0n) is 4.55. The van der Waals surface area contributed by atoms with E-state index in [0.29, 0.717) is 5.75 Å². The Bertz CT molecular complexity index is 166. The van der Waals surface area contributed by atoms with E-state index in [0.717, 1.165) is 0 Å². The van der Waals surface area contributed by atoms with Gasteiger partial charge in [-0.25, -0.2) is 0 Å². The summed E-state index contributed by atoms with van der Waals surface area (Å²) in [5.41, 5.74) is 0. The smallest absolute Gasteiger partial charge is 0.312 e. The summed E-state index contributed by atoms with van der Waals surface area (Å²) in [5.74, 6) is 0.618. The van der Waals surface area contributed by atoms with Crippen LogP contribution < -0.4 is 3.07 Å². The zero-order chi connectivity index (χ0) is 6.53. The first-order valence-electron chi connectivity index (χ1n) is 2.41. The second-order valence-electron chi connectivity index (χ2n) is 1.45. The minimum atomic E-state index is -1.57. The van der Waals surface area contributed by atoms with Crippen LogP contribution in [0.3, 0.4) is 0 Å². The fraction of sp³-hybridized carbons (Fsp3) is 0. The summed E-state index contributed by atoms with van der Waals surface area (Å²) in [7, 11) is 0. The van der Waals surface area contributed by atoms with Crippen molar-refractivity contribution in [1.29, 1.82) is 0 Å². The maximum Gasteiger partial charge on any atom is 0.312 e. The summed E-state index contributed by atoms with van der Waals surface area (Å²) in [6.07, 6.45) is 0. The summed E-state index contributed by atoms with van der Waals surface area (Å²) < 4.78 is 16.2. The lowest BCUT2D eigenvalue weighted by Gasteiger charge is -1.93. The number of halogens is 2. The van der Waals surface area contributed by atoms with Crippen LogP contribution in [0.25, 0.3) is 0 Å². The van der Waals surface area contributed by atoms with E-state index in [9.17, 15) is 2.86 Å². The molecule has 1 radical (unpaired) electrons. The van der Waals surface area contributed by atoms with Gasteiger partial charge >= 0.3 is 22.2 Å². The Morgan fingerprint density at radius 3 is 2.44 bits per heavy atom. The highest BCUT2D eigenvalue weighted by Gasteiger charge is 1.87. The van der Waals surface area contributed by atoms with Crippen molar-refractivity contribution >= 4 is 22.2 Å². The molecule has 0 saturated heterocycles. The molecule has 0 N–H and O–H groups in total. The minimum absolute atomic E-state index is 0.618. The summed E-state index contributed by atoms with van der Waals surface area (Å²) in [4.78, 5) is 0. The van der Waals surface area contributed by atoms with Crippen LogP contribution in [0, 0.1) is 0 Å². The van der Waals surface area contributed by atoms with E-state index < -0.39 is 22.2 Å². The van der Waals surface area contributed by atoms with Crippen LogP contribution in [0.5, 0.6) is 5.75 Å². The van der Waals surface area contributed by atoms with Crippen molar-refractivity contribution in [3.8, 4) is 5.75 Å². The average molecular weight is 239 g/mol. The number of hydrogen-bond donors (Lipinski definition) is 0. The lowest BCUT2D eigenvalue weighted by atomic mass is 10.3. The van der Waals surface area contributed by atoms with Crippen molar-refractivity contribution in [1.82, 2.24) is 0 Å². The quantitative estimate of drug-likeness (QED) is 0.721. The molecule has 0 spiro atoms. The monoisotopic (exact) mass is 239 g/mol. The standard InChI is InChI=1S/C6H5FIO/c7-8-9-6-4-2-1-3-5-6/h1-5H. The molecular formula is C6H5FIO. The molecule has 0 atom stereocenters. The molecule has 1 aromatic carbocycles. The van der Waals surface area contributed by atoms with Crippen molar-refractivity contribution < 1.29 is 5.93 Å². The molecule has 0 heterocycles. The third-order valence-corrected chi connectivity index (χ3v) is 1.54. The number of hydrogen-bond acceptors (Lipinski definition) is 1. The van der Waals surface area contributed by atoms with Gasteiger partial charge in [-0.15, -0.1) is 2.86 Å². The van der Waals surface area contributed by atoms with Gasteiger partial charge in [-0.1, -0.05) is 18.2 Å². The van der Waals surface area contributed by atoms with Gasteiger partial charge in [-0.2, -0.15) is 0 Å². The van der Waals surface area contributed by atoms with Gasteiger partial charge in [0.05, 0.1) is 0 Å². The lowest BCUT2D eigenvalue weighted by molar-refractivity contribution is 0.703. The molecule has 0 saturated carbocycles. The Kier molecular flexibility index (Phi) is 2.76. The van der Waals surface area contributed by atoms with Crippen molar-refractivity contribution in [2.75, 3.05) is 0 Å². The maximum atomic E-state index is 11.6. The van der Waals surface area contributed by atoms with E-state index in [1.165, 1.54) is 0 Å². The molecule has 1 aromatic rings. The van der Waals surface area contributed by atoms with Crippen LogP contribution in [-0.4, -0.2) is 0 Å². The molecule has 49 valence electrons. The molecule has 0 aliphatic heterocycles. The second-order valence-corrected chi connectivity index (χ2v) is 2.22. The molecule has 1 rings (SSSR count). The van der Waals surface area contributed by atoms with Crippen LogP contribution in [0.1, 0.15) is 0 Å².